The third kappa shape index (κ3) is 6.93. The van der Waals surface area contributed by atoms with Gasteiger partial charge < -0.3 is 25.6 Å². The number of aliphatic carboxylic acids is 1. The molecule has 2 atom stereocenters. The van der Waals surface area contributed by atoms with E-state index in [0.717, 1.165) is 0 Å². The number of carboxylic acids is 1. The van der Waals surface area contributed by atoms with Gasteiger partial charge in [0, 0.05) is 13.0 Å². The van der Waals surface area contributed by atoms with Crippen molar-refractivity contribution in [2.45, 2.75) is 38.8 Å². The number of hydrogen-bond donors (Lipinski definition) is 4. The number of hydrogen-bond acceptors (Lipinski definition) is 5. The van der Waals surface area contributed by atoms with Gasteiger partial charge in [0.2, 0.25) is 0 Å². The number of rotatable bonds is 8. The second-order valence-corrected chi connectivity index (χ2v) is 4.73. The fourth-order valence-electron chi connectivity index (χ4n) is 1.57. The van der Waals surface area contributed by atoms with Crippen LogP contribution in [0.2, 0.25) is 0 Å². The van der Waals surface area contributed by atoms with Crippen molar-refractivity contribution in [3.8, 4) is 0 Å². The van der Waals surface area contributed by atoms with Crippen molar-refractivity contribution in [1.82, 2.24) is 10.6 Å². The summed E-state index contributed by atoms with van der Waals surface area (Å²) in [5.74, 6) is -1.71. The van der Waals surface area contributed by atoms with E-state index in [-0.39, 0.29) is 18.9 Å². The van der Waals surface area contributed by atoms with E-state index in [1.807, 2.05) is 13.8 Å². The Labute approximate surface area is 117 Å². The largest absolute Gasteiger partial charge is 0.480 e. The quantitative estimate of drug-likeness (QED) is 0.455. The zero-order chi connectivity index (χ0) is 15.7. The number of carbonyl (C=O) groups excluding carboxylic acids is 2. The Kier molecular flexibility index (Phi) is 8.30. The van der Waals surface area contributed by atoms with Gasteiger partial charge in [0.25, 0.3) is 0 Å². The molecule has 8 nitrogen and oxygen atoms in total. The van der Waals surface area contributed by atoms with Crippen LogP contribution in [0.15, 0.2) is 0 Å². The summed E-state index contributed by atoms with van der Waals surface area (Å²) in [4.78, 5) is 34.0. The summed E-state index contributed by atoms with van der Waals surface area (Å²) in [6.45, 7) is 3.38. The predicted octanol–water partition coefficient (Wildman–Crippen LogP) is -0.291. The van der Waals surface area contributed by atoms with Crippen LogP contribution in [0.25, 0.3) is 0 Å². The summed E-state index contributed by atoms with van der Waals surface area (Å²) in [6, 6.07) is -2.84. The van der Waals surface area contributed by atoms with Crippen LogP contribution in [0.4, 0.5) is 4.79 Å². The summed E-state index contributed by atoms with van der Waals surface area (Å²) in [6.07, 6.45) is 0.258. The maximum absolute atomic E-state index is 11.7. The molecule has 0 fully saturated rings. The van der Waals surface area contributed by atoms with Crippen LogP contribution in [0.3, 0.4) is 0 Å². The van der Waals surface area contributed by atoms with E-state index in [9.17, 15) is 14.4 Å². The van der Waals surface area contributed by atoms with Crippen molar-refractivity contribution in [1.29, 1.82) is 0 Å². The topological polar surface area (TPSA) is 125 Å². The van der Waals surface area contributed by atoms with Gasteiger partial charge in [-0.15, -0.1) is 0 Å². The predicted molar refractivity (Wildman–Crippen MR) is 70.1 cm³/mol. The highest BCUT2D eigenvalue weighted by atomic mass is 16.5. The van der Waals surface area contributed by atoms with E-state index in [0.29, 0.717) is 6.42 Å². The summed E-state index contributed by atoms with van der Waals surface area (Å²) in [5, 5.41) is 22.1. The van der Waals surface area contributed by atoms with Gasteiger partial charge in [-0.3, -0.25) is 0 Å². The highest BCUT2D eigenvalue weighted by Gasteiger charge is 2.25. The van der Waals surface area contributed by atoms with Crippen molar-refractivity contribution in [3.63, 3.8) is 0 Å². The molecular weight excluding hydrogens is 268 g/mol. The average Bonchev–Trinajstić information content (AvgIpc) is 2.35. The lowest BCUT2D eigenvalue weighted by Crippen LogP contribution is -2.51. The first-order valence-electron chi connectivity index (χ1n) is 6.30. The Hall–Kier alpha value is -1.83. The molecule has 0 saturated heterocycles. The maximum Gasteiger partial charge on any atom is 0.328 e. The molecule has 0 rings (SSSR count). The van der Waals surface area contributed by atoms with Crippen LogP contribution in [0, 0.1) is 5.92 Å². The minimum atomic E-state index is -1.26. The van der Waals surface area contributed by atoms with Gasteiger partial charge in [0.05, 0.1) is 7.11 Å². The molecule has 0 aliphatic heterocycles. The molecule has 4 N–H and O–H groups in total. The zero-order valence-electron chi connectivity index (χ0n) is 11.9. The number of esters is 1. The Morgan fingerprint density at radius 2 is 1.70 bits per heavy atom. The maximum atomic E-state index is 11.7. The molecule has 0 radical (unpaired) electrons. The number of aliphatic hydroxyl groups is 1. The van der Waals surface area contributed by atoms with Crippen molar-refractivity contribution < 1.29 is 29.3 Å². The second kappa shape index (κ2) is 9.13. The molecule has 0 spiro atoms. The minimum absolute atomic E-state index is 0.115. The van der Waals surface area contributed by atoms with E-state index in [1.165, 1.54) is 7.11 Å². The molecule has 0 heterocycles. The highest BCUT2D eigenvalue weighted by Crippen LogP contribution is 2.06. The molecule has 0 aliphatic carbocycles. The number of aliphatic hydroxyl groups excluding tert-OH is 1. The molecule has 0 aromatic rings. The number of carbonyl (C=O) groups is 3. The molecule has 0 aromatic carbocycles. The number of methoxy groups -OCH3 is 1. The van der Waals surface area contributed by atoms with Crippen molar-refractivity contribution in [2.75, 3.05) is 13.7 Å². The lowest BCUT2D eigenvalue weighted by Gasteiger charge is -2.20. The van der Waals surface area contributed by atoms with Crippen LogP contribution < -0.4 is 10.6 Å². The second-order valence-electron chi connectivity index (χ2n) is 4.73. The fraction of sp³-hybridized carbons (Fsp3) is 0.750. The minimum Gasteiger partial charge on any atom is -0.480 e. The normalized spacial score (nSPS) is 13.4. The Balaban J connectivity index is 4.58. The van der Waals surface area contributed by atoms with Crippen LogP contribution in [0.1, 0.15) is 26.7 Å². The SMILES string of the molecule is COC(=O)C(CC(C)C)NC(=O)NC(CCO)C(=O)O. The van der Waals surface area contributed by atoms with Gasteiger partial charge in [-0.05, 0) is 12.3 Å². The van der Waals surface area contributed by atoms with Crippen molar-refractivity contribution in [3.05, 3.63) is 0 Å². The van der Waals surface area contributed by atoms with Gasteiger partial charge in [-0.2, -0.15) is 0 Å². The van der Waals surface area contributed by atoms with Crippen molar-refractivity contribution >= 4 is 18.0 Å². The first-order chi connectivity index (χ1) is 9.31. The molecular formula is C12H22N2O6. The van der Waals surface area contributed by atoms with Gasteiger partial charge in [0.15, 0.2) is 0 Å². The molecule has 0 aromatic heterocycles. The number of carboxylic acid groups (broad SMARTS) is 1. The molecule has 0 aliphatic rings. The lowest BCUT2D eigenvalue weighted by atomic mass is 10.0. The summed E-state index contributed by atoms with van der Waals surface area (Å²) < 4.78 is 4.58. The van der Waals surface area contributed by atoms with Gasteiger partial charge in [-0.1, -0.05) is 13.8 Å². The van der Waals surface area contributed by atoms with Gasteiger partial charge >= 0.3 is 18.0 Å². The standard InChI is InChI=1S/C12H22N2O6/c1-7(2)6-9(11(18)20-3)14-12(19)13-8(4-5-15)10(16)17/h7-9,15H,4-6H2,1-3H3,(H,16,17)(H2,13,14,19). The van der Waals surface area contributed by atoms with Gasteiger partial charge in [0.1, 0.15) is 12.1 Å². The van der Waals surface area contributed by atoms with E-state index in [1.54, 1.807) is 0 Å². The van der Waals surface area contributed by atoms with Crippen LogP contribution in [-0.2, 0) is 14.3 Å². The van der Waals surface area contributed by atoms with E-state index < -0.39 is 30.1 Å². The lowest BCUT2D eigenvalue weighted by molar-refractivity contribution is -0.143. The Morgan fingerprint density at radius 3 is 2.10 bits per heavy atom. The molecule has 0 bridgehead atoms. The Morgan fingerprint density at radius 1 is 1.15 bits per heavy atom. The first kappa shape index (κ1) is 18.2. The number of urea groups is 1. The molecule has 8 heteroatoms. The third-order valence-corrected chi connectivity index (χ3v) is 2.52. The molecule has 2 unspecified atom stereocenters. The Bertz CT molecular complexity index is 345. The first-order valence-corrected chi connectivity index (χ1v) is 6.30. The van der Waals surface area contributed by atoms with Crippen LogP contribution >= 0.6 is 0 Å². The van der Waals surface area contributed by atoms with E-state index in [4.69, 9.17) is 10.2 Å². The average molecular weight is 290 g/mol. The van der Waals surface area contributed by atoms with E-state index >= 15 is 0 Å². The van der Waals surface area contributed by atoms with Crippen molar-refractivity contribution in [2.24, 2.45) is 5.92 Å². The van der Waals surface area contributed by atoms with Gasteiger partial charge in [-0.25, -0.2) is 14.4 Å². The third-order valence-electron chi connectivity index (χ3n) is 2.52. The monoisotopic (exact) mass is 290 g/mol. The molecule has 20 heavy (non-hydrogen) atoms. The van der Waals surface area contributed by atoms with E-state index in [2.05, 4.69) is 15.4 Å². The fourth-order valence-corrected chi connectivity index (χ4v) is 1.57. The molecule has 116 valence electrons. The van der Waals surface area contributed by atoms with Crippen LogP contribution in [0.5, 0.6) is 0 Å². The zero-order valence-corrected chi connectivity index (χ0v) is 11.9. The summed E-state index contributed by atoms with van der Waals surface area (Å²) >= 11 is 0. The highest BCUT2D eigenvalue weighted by molar-refractivity contribution is 5.86. The number of nitrogens with one attached hydrogen (secondary N) is 2. The molecule has 0 saturated carbocycles. The smallest absolute Gasteiger partial charge is 0.328 e. The number of amides is 2. The summed E-state index contributed by atoms with van der Waals surface area (Å²) in [5.41, 5.74) is 0. The summed E-state index contributed by atoms with van der Waals surface area (Å²) in [7, 11) is 1.21. The molecule has 2 amide bonds. The number of ether oxygens (including phenoxy) is 1. The van der Waals surface area contributed by atoms with Crippen LogP contribution in [-0.4, -0.2) is 54.0 Å².